The number of halogens is 1. The van der Waals surface area contributed by atoms with Crippen molar-refractivity contribution in [3.05, 3.63) is 42.1 Å². The van der Waals surface area contributed by atoms with Crippen molar-refractivity contribution in [1.29, 1.82) is 0 Å². The molecule has 0 radical (unpaired) electrons. The van der Waals surface area contributed by atoms with Crippen LogP contribution in [-0.2, 0) is 6.54 Å². The number of nitrogens with zero attached hydrogens (tertiary/aromatic N) is 1. The number of hydrogen-bond donors (Lipinski definition) is 0. The topological polar surface area (TPSA) is 14.2 Å². The monoisotopic (exact) mass is 235 g/mol. The molecule has 16 heavy (non-hydrogen) atoms. The average Bonchev–Trinajstić information content (AvgIpc) is 2.61. The molecule has 1 aromatic heterocycles. The minimum Gasteiger partial charge on any atom is -0.494 e. The maximum Gasteiger partial charge on any atom is 0.120 e. The summed E-state index contributed by atoms with van der Waals surface area (Å²) in [5.74, 6) is 0.900. The molecule has 3 heteroatoms. The second-order valence-corrected chi connectivity index (χ2v) is 4.15. The first kappa shape index (κ1) is 11.1. The lowest BCUT2D eigenvalue weighted by Gasteiger charge is -2.05. The first-order chi connectivity index (χ1) is 7.70. The molecule has 1 heterocycles. The lowest BCUT2D eigenvalue weighted by atomic mass is 10.2. The number of fused-ring (bicyclic) bond motifs is 1. The molecule has 0 saturated carbocycles. The zero-order valence-electron chi connectivity index (χ0n) is 9.24. The predicted octanol–water partition coefficient (Wildman–Crippen LogP) is 3.79. The molecule has 0 spiro atoms. The molecule has 84 valence electrons. The smallest absolute Gasteiger partial charge is 0.120 e. The Hall–Kier alpha value is -1.41. The molecular formula is C13H14ClNO. The van der Waals surface area contributed by atoms with Crippen molar-refractivity contribution in [2.75, 3.05) is 6.61 Å². The predicted molar refractivity (Wildman–Crippen MR) is 68.1 cm³/mol. The van der Waals surface area contributed by atoms with Crippen molar-refractivity contribution in [2.45, 2.75) is 13.5 Å². The number of rotatable bonds is 4. The third-order valence-electron chi connectivity index (χ3n) is 2.40. The summed E-state index contributed by atoms with van der Waals surface area (Å²) in [6.07, 6.45) is 2.01. The fourth-order valence-electron chi connectivity index (χ4n) is 1.76. The van der Waals surface area contributed by atoms with Gasteiger partial charge in [-0.15, -0.1) is 0 Å². The van der Waals surface area contributed by atoms with Crippen LogP contribution in [0.5, 0.6) is 5.75 Å². The molecule has 2 nitrogen and oxygen atoms in total. The molecular weight excluding hydrogens is 222 g/mol. The fraction of sp³-hybridized carbons (Fsp3) is 0.231. The first-order valence-electron chi connectivity index (χ1n) is 5.25. The van der Waals surface area contributed by atoms with E-state index in [0.717, 1.165) is 16.7 Å². The zero-order chi connectivity index (χ0) is 11.5. The summed E-state index contributed by atoms with van der Waals surface area (Å²) in [6.45, 7) is 7.01. The Kier molecular flexibility index (Phi) is 3.20. The maximum atomic E-state index is 5.81. The van der Waals surface area contributed by atoms with Crippen LogP contribution in [0.1, 0.15) is 6.92 Å². The van der Waals surface area contributed by atoms with E-state index in [4.69, 9.17) is 16.3 Å². The van der Waals surface area contributed by atoms with E-state index in [1.54, 1.807) is 0 Å². The molecule has 0 N–H and O–H groups in total. The normalized spacial score (nSPS) is 10.6. The van der Waals surface area contributed by atoms with Crippen LogP contribution in [0.4, 0.5) is 0 Å². The second kappa shape index (κ2) is 4.62. The molecule has 0 fully saturated rings. The van der Waals surface area contributed by atoms with Gasteiger partial charge in [-0.2, -0.15) is 0 Å². The molecule has 1 aromatic carbocycles. The molecule has 0 aliphatic heterocycles. The van der Waals surface area contributed by atoms with E-state index in [0.29, 0.717) is 18.2 Å². The van der Waals surface area contributed by atoms with Gasteiger partial charge in [0.25, 0.3) is 0 Å². The van der Waals surface area contributed by atoms with Crippen molar-refractivity contribution in [3.63, 3.8) is 0 Å². The summed E-state index contributed by atoms with van der Waals surface area (Å²) >= 11 is 5.81. The SMILES string of the molecule is C=C(Cl)Cn1ccc2cc(OCC)ccc21. The van der Waals surface area contributed by atoms with Crippen LogP contribution in [0.2, 0.25) is 0 Å². The Labute approximate surface area is 100 Å². The standard InChI is InChI=1S/C13H14ClNO/c1-3-16-12-4-5-13-11(8-12)6-7-15(13)9-10(2)14/h4-8H,2-3,9H2,1H3. The number of allylic oxidation sites excluding steroid dienone is 1. The lowest BCUT2D eigenvalue weighted by Crippen LogP contribution is -1.95. The van der Waals surface area contributed by atoms with Crippen LogP contribution < -0.4 is 4.74 Å². The van der Waals surface area contributed by atoms with Gasteiger partial charge in [-0.3, -0.25) is 0 Å². The Morgan fingerprint density at radius 1 is 1.44 bits per heavy atom. The molecule has 0 amide bonds. The van der Waals surface area contributed by atoms with E-state index >= 15 is 0 Å². The summed E-state index contributed by atoms with van der Waals surface area (Å²) in [5, 5.41) is 1.79. The average molecular weight is 236 g/mol. The van der Waals surface area contributed by atoms with Crippen LogP contribution in [0.25, 0.3) is 10.9 Å². The second-order valence-electron chi connectivity index (χ2n) is 3.61. The summed E-state index contributed by atoms with van der Waals surface area (Å²) in [6, 6.07) is 8.10. The third-order valence-corrected chi connectivity index (χ3v) is 2.51. The summed E-state index contributed by atoms with van der Waals surface area (Å²) in [4.78, 5) is 0. The van der Waals surface area contributed by atoms with Crippen LogP contribution >= 0.6 is 11.6 Å². The highest BCUT2D eigenvalue weighted by molar-refractivity contribution is 6.29. The lowest BCUT2D eigenvalue weighted by molar-refractivity contribution is 0.340. The quantitative estimate of drug-likeness (QED) is 0.787. The minimum atomic E-state index is 0.631. The molecule has 0 aliphatic carbocycles. The number of ether oxygens (including phenoxy) is 1. The van der Waals surface area contributed by atoms with Crippen LogP contribution in [0.15, 0.2) is 42.1 Å². The van der Waals surface area contributed by atoms with E-state index in [9.17, 15) is 0 Å². The van der Waals surface area contributed by atoms with Crippen LogP contribution in [-0.4, -0.2) is 11.2 Å². The highest BCUT2D eigenvalue weighted by Gasteiger charge is 2.02. The Morgan fingerprint density at radius 3 is 2.94 bits per heavy atom. The van der Waals surface area contributed by atoms with E-state index in [1.807, 2.05) is 31.3 Å². The van der Waals surface area contributed by atoms with Gasteiger partial charge in [-0.25, -0.2) is 0 Å². The van der Waals surface area contributed by atoms with Crippen molar-refractivity contribution >= 4 is 22.5 Å². The van der Waals surface area contributed by atoms with Crippen molar-refractivity contribution < 1.29 is 4.74 Å². The Bertz CT molecular complexity index is 516. The van der Waals surface area contributed by atoms with Gasteiger partial charge in [0.2, 0.25) is 0 Å². The molecule has 2 aromatic rings. The Morgan fingerprint density at radius 2 is 2.25 bits per heavy atom. The molecule has 0 aliphatic rings. The zero-order valence-corrected chi connectivity index (χ0v) is 10.00. The van der Waals surface area contributed by atoms with Crippen LogP contribution in [0.3, 0.4) is 0 Å². The Balaban J connectivity index is 2.38. The first-order valence-corrected chi connectivity index (χ1v) is 5.63. The number of hydrogen-bond acceptors (Lipinski definition) is 1. The van der Waals surface area contributed by atoms with Gasteiger partial charge in [0, 0.05) is 22.1 Å². The fourth-order valence-corrected chi connectivity index (χ4v) is 1.89. The highest BCUT2D eigenvalue weighted by Crippen LogP contribution is 2.22. The van der Waals surface area contributed by atoms with Gasteiger partial charge in [0.15, 0.2) is 0 Å². The van der Waals surface area contributed by atoms with Gasteiger partial charge < -0.3 is 9.30 Å². The maximum absolute atomic E-state index is 5.81. The molecule has 0 saturated heterocycles. The van der Waals surface area contributed by atoms with Crippen molar-refractivity contribution in [3.8, 4) is 5.75 Å². The van der Waals surface area contributed by atoms with Crippen LogP contribution in [0, 0.1) is 0 Å². The molecule has 0 unspecified atom stereocenters. The third kappa shape index (κ3) is 2.22. The van der Waals surface area contributed by atoms with E-state index < -0.39 is 0 Å². The number of benzene rings is 1. The number of aromatic nitrogens is 1. The van der Waals surface area contributed by atoms with E-state index in [-0.39, 0.29) is 0 Å². The van der Waals surface area contributed by atoms with E-state index in [1.165, 1.54) is 0 Å². The molecule has 0 bridgehead atoms. The molecule has 2 rings (SSSR count). The van der Waals surface area contributed by atoms with Gasteiger partial charge >= 0.3 is 0 Å². The van der Waals surface area contributed by atoms with Gasteiger partial charge in [0.1, 0.15) is 5.75 Å². The van der Waals surface area contributed by atoms with Gasteiger partial charge in [-0.05, 0) is 31.2 Å². The molecule has 0 atom stereocenters. The van der Waals surface area contributed by atoms with E-state index in [2.05, 4.69) is 17.2 Å². The minimum absolute atomic E-state index is 0.631. The summed E-state index contributed by atoms with van der Waals surface area (Å²) in [7, 11) is 0. The largest absolute Gasteiger partial charge is 0.494 e. The van der Waals surface area contributed by atoms with Crippen molar-refractivity contribution in [1.82, 2.24) is 4.57 Å². The van der Waals surface area contributed by atoms with Gasteiger partial charge in [0.05, 0.1) is 13.2 Å². The van der Waals surface area contributed by atoms with Gasteiger partial charge in [-0.1, -0.05) is 18.2 Å². The van der Waals surface area contributed by atoms with Crippen molar-refractivity contribution in [2.24, 2.45) is 0 Å². The summed E-state index contributed by atoms with van der Waals surface area (Å²) < 4.78 is 7.52. The highest BCUT2D eigenvalue weighted by atomic mass is 35.5. The summed E-state index contributed by atoms with van der Waals surface area (Å²) in [5.41, 5.74) is 1.14.